The van der Waals surface area contributed by atoms with E-state index in [4.69, 9.17) is 5.73 Å². The van der Waals surface area contributed by atoms with Crippen molar-refractivity contribution in [3.63, 3.8) is 0 Å². The molecule has 0 saturated heterocycles. The fourth-order valence-electron chi connectivity index (χ4n) is 1.75. The van der Waals surface area contributed by atoms with E-state index >= 15 is 0 Å². The second-order valence-corrected chi connectivity index (χ2v) is 5.67. The molecule has 0 saturated carbocycles. The van der Waals surface area contributed by atoms with Crippen LogP contribution in [0.3, 0.4) is 0 Å². The van der Waals surface area contributed by atoms with E-state index in [2.05, 4.69) is 15.9 Å². The second kappa shape index (κ2) is 4.35. The SMILES string of the molecule is CC(C)(C)C(C(N)=O)c1ccc(Br)cc1. The molecule has 0 aliphatic rings. The van der Waals surface area contributed by atoms with Gasteiger partial charge in [-0.2, -0.15) is 0 Å². The minimum atomic E-state index is -0.273. The topological polar surface area (TPSA) is 43.1 Å². The predicted octanol–water partition coefficient (Wildman–Crippen LogP) is 3.06. The Morgan fingerprint density at radius 1 is 1.27 bits per heavy atom. The van der Waals surface area contributed by atoms with Gasteiger partial charge in [-0.1, -0.05) is 48.8 Å². The van der Waals surface area contributed by atoms with Crippen LogP contribution >= 0.6 is 15.9 Å². The number of carbonyl (C=O) groups excluding carboxylic acids is 1. The number of primary amides is 1. The van der Waals surface area contributed by atoms with E-state index < -0.39 is 0 Å². The third kappa shape index (κ3) is 3.06. The first kappa shape index (κ1) is 12.2. The Balaban J connectivity index is 3.11. The second-order valence-electron chi connectivity index (χ2n) is 4.75. The predicted molar refractivity (Wildman–Crippen MR) is 65.5 cm³/mol. The van der Waals surface area contributed by atoms with Crippen LogP contribution in [0.1, 0.15) is 32.3 Å². The maximum atomic E-state index is 11.4. The standard InChI is InChI=1S/C12H16BrNO/c1-12(2,3)10(11(14)15)8-4-6-9(13)7-5-8/h4-7,10H,1-3H3,(H2,14,15). The van der Waals surface area contributed by atoms with Crippen LogP contribution in [0.25, 0.3) is 0 Å². The normalized spacial score (nSPS) is 13.6. The van der Waals surface area contributed by atoms with Crippen molar-refractivity contribution in [3.05, 3.63) is 34.3 Å². The van der Waals surface area contributed by atoms with Crippen LogP contribution in [0.4, 0.5) is 0 Å². The summed E-state index contributed by atoms with van der Waals surface area (Å²) in [5.74, 6) is -0.518. The number of carbonyl (C=O) groups is 1. The lowest BCUT2D eigenvalue weighted by atomic mass is 9.76. The van der Waals surface area contributed by atoms with E-state index in [0.717, 1.165) is 10.0 Å². The summed E-state index contributed by atoms with van der Waals surface area (Å²) < 4.78 is 1.00. The Morgan fingerprint density at radius 2 is 1.73 bits per heavy atom. The van der Waals surface area contributed by atoms with Crippen molar-refractivity contribution in [2.75, 3.05) is 0 Å². The average molecular weight is 270 g/mol. The van der Waals surface area contributed by atoms with Crippen LogP contribution in [0.5, 0.6) is 0 Å². The lowest BCUT2D eigenvalue weighted by Crippen LogP contribution is -2.31. The molecule has 1 aromatic rings. The summed E-state index contributed by atoms with van der Waals surface area (Å²) in [7, 11) is 0. The Kier molecular flexibility index (Phi) is 3.55. The minimum absolute atomic E-state index is 0.153. The average Bonchev–Trinajstić information content (AvgIpc) is 2.05. The molecular formula is C12H16BrNO. The fourth-order valence-corrected chi connectivity index (χ4v) is 2.01. The maximum Gasteiger partial charge on any atom is 0.225 e. The summed E-state index contributed by atoms with van der Waals surface area (Å²) >= 11 is 3.37. The number of amides is 1. The summed E-state index contributed by atoms with van der Waals surface area (Å²) in [6, 6.07) is 7.73. The first-order valence-corrected chi connectivity index (χ1v) is 5.66. The van der Waals surface area contributed by atoms with Gasteiger partial charge in [0.1, 0.15) is 0 Å². The van der Waals surface area contributed by atoms with Crippen molar-refractivity contribution >= 4 is 21.8 Å². The molecule has 1 rings (SSSR count). The smallest absolute Gasteiger partial charge is 0.225 e. The molecule has 0 aromatic heterocycles. The third-order valence-electron chi connectivity index (χ3n) is 2.35. The van der Waals surface area contributed by atoms with Gasteiger partial charge >= 0.3 is 0 Å². The Hall–Kier alpha value is -0.830. The van der Waals surface area contributed by atoms with E-state index in [1.807, 2.05) is 45.0 Å². The number of nitrogens with two attached hydrogens (primary N) is 1. The van der Waals surface area contributed by atoms with E-state index in [1.165, 1.54) is 0 Å². The Bertz CT molecular complexity index is 351. The zero-order valence-electron chi connectivity index (χ0n) is 9.25. The Labute approximate surface area is 99.0 Å². The van der Waals surface area contributed by atoms with Crippen molar-refractivity contribution in [1.82, 2.24) is 0 Å². The molecule has 1 amide bonds. The van der Waals surface area contributed by atoms with E-state index in [9.17, 15) is 4.79 Å². The highest BCUT2D eigenvalue weighted by Gasteiger charge is 2.30. The van der Waals surface area contributed by atoms with Crippen LogP contribution in [0.15, 0.2) is 28.7 Å². The molecular weight excluding hydrogens is 254 g/mol. The van der Waals surface area contributed by atoms with Gasteiger partial charge in [-0.25, -0.2) is 0 Å². The summed E-state index contributed by atoms with van der Waals surface area (Å²) in [5, 5.41) is 0. The summed E-state index contributed by atoms with van der Waals surface area (Å²) in [5.41, 5.74) is 6.26. The van der Waals surface area contributed by atoms with Gasteiger partial charge < -0.3 is 5.73 Å². The highest BCUT2D eigenvalue weighted by molar-refractivity contribution is 9.10. The van der Waals surface area contributed by atoms with Crippen molar-refractivity contribution in [3.8, 4) is 0 Å². The van der Waals surface area contributed by atoms with Gasteiger partial charge in [0.25, 0.3) is 0 Å². The van der Waals surface area contributed by atoms with E-state index in [0.29, 0.717) is 0 Å². The highest BCUT2D eigenvalue weighted by atomic mass is 79.9. The third-order valence-corrected chi connectivity index (χ3v) is 2.88. The number of benzene rings is 1. The van der Waals surface area contributed by atoms with Crippen LogP contribution in [-0.4, -0.2) is 5.91 Å². The molecule has 3 heteroatoms. The molecule has 0 aliphatic heterocycles. The molecule has 0 radical (unpaired) electrons. The molecule has 0 fully saturated rings. The zero-order valence-corrected chi connectivity index (χ0v) is 10.8. The molecule has 0 bridgehead atoms. The zero-order chi connectivity index (χ0) is 11.6. The van der Waals surface area contributed by atoms with Gasteiger partial charge in [0.15, 0.2) is 0 Å². The molecule has 1 unspecified atom stereocenters. The maximum absolute atomic E-state index is 11.4. The van der Waals surface area contributed by atoms with E-state index in [1.54, 1.807) is 0 Å². The summed E-state index contributed by atoms with van der Waals surface area (Å²) in [4.78, 5) is 11.4. The first-order chi connectivity index (χ1) is 6.82. The molecule has 1 aromatic carbocycles. The quantitative estimate of drug-likeness (QED) is 0.881. The Morgan fingerprint density at radius 3 is 2.07 bits per heavy atom. The largest absolute Gasteiger partial charge is 0.369 e. The minimum Gasteiger partial charge on any atom is -0.369 e. The number of hydrogen-bond acceptors (Lipinski definition) is 1. The van der Waals surface area contributed by atoms with Gasteiger partial charge in [0.2, 0.25) is 5.91 Å². The molecule has 2 N–H and O–H groups in total. The van der Waals surface area contributed by atoms with Gasteiger partial charge in [-0.3, -0.25) is 4.79 Å². The van der Waals surface area contributed by atoms with Gasteiger partial charge in [0, 0.05) is 4.47 Å². The number of halogens is 1. The molecule has 15 heavy (non-hydrogen) atoms. The van der Waals surface area contributed by atoms with Crippen LogP contribution < -0.4 is 5.73 Å². The number of hydrogen-bond donors (Lipinski definition) is 1. The van der Waals surface area contributed by atoms with Crippen molar-refractivity contribution < 1.29 is 4.79 Å². The fraction of sp³-hybridized carbons (Fsp3) is 0.417. The van der Waals surface area contributed by atoms with Crippen LogP contribution in [0, 0.1) is 5.41 Å². The van der Waals surface area contributed by atoms with Gasteiger partial charge in [0.05, 0.1) is 5.92 Å². The summed E-state index contributed by atoms with van der Waals surface area (Å²) in [6.45, 7) is 6.05. The van der Waals surface area contributed by atoms with Gasteiger partial charge in [-0.15, -0.1) is 0 Å². The van der Waals surface area contributed by atoms with Crippen molar-refractivity contribution in [2.45, 2.75) is 26.7 Å². The van der Waals surface area contributed by atoms with Crippen molar-refractivity contribution in [1.29, 1.82) is 0 Å². The lowest BCUT2D eigenvalue weighted by Gasteiger charge is -2.28. The molecule has 0 spiro atoms. The molecule has 0 aliphatic carbocycles. The molecule has 1 atom stereocenters. The van der Waals surface area contributed by atoms with E-state index in [-0.39, 0.29) is 17.2 Å². The van der Waals surface area contributed by atoms with Crippen LogP contribution in [-0.2, 0) is 4.79 Å². The van der Waals surface area contributed by atoms with Crippen LogP contribution in [0.2, 0.25) is 0 Å². The highest BCUT2D eigenvalue weighted by Crippen LogP contribution is 2.35. The lowest BCUT2D eigenvalue weighted by molar-refractivity contribution is -0.121. The first-order valence-electron chi connectivity index (χ1n) is 4.87. The number of rotatable bonds is 2. The summed E-state index contributed by atoms with van der Waals surface area (Å²) in [6.07, 6.45) is 0. The molecule has 0 heterocycles. The monoisotopic (exact) mass is 269 g/mol. The molecule has 2 nitrogen and oxygen atoms in total. The molecule has 82 valence electrons. The van der Waals surface area contributed by atoms with Gasteiger partial charge in [-0.05, 0) is 23.1 Å². The van der Waals surface area contributed by atoms with Crippen molar-refractivity contribution in [2.24, 2.45) is 11.1 Å².